The molecular formula is C15H24N3S+. The Hall–Kier alpha value is -1.13. The van der Waals surface area contributed by atoms with Crippen LogP contribution in [0, 0.1) is 6.92 Å². The van der Waals surface area contributed by atoms with Crippen molar-refractivity contribution in [2.24, 2.45) is 0 Å². The summed E-state index contributed by atoms with van der Waals surface area (Å²) in [6.45, 7) is 7.84. The Labute approximate surface area is 121 Å². The lowest BCUT2D eigenvalue weighted by molar-refractivity contribution is -0.909. The van der Waals surface area contributed by atoms with Gasteiger partial charge in [0.1, 0.15) is 6.04 Å². The van der Waals surface area contributed by atoms with Gasteiger partial charge in [-0.3, -0.25) is 0 Å². The van der Waals surface area contributed by atoms with Gasteiger partial charge in [0.25, 0.3) is 0 Å². The first-order chi connectivity index (χ1) is 9.19. The summed E-state index contributed by atoms with van der Waals surface area (Å²) in [5.41, 5.74) is 2.31. The first-order valence-corrected chi connectivity index (χ1v) is 7.56. The van der Waals surface area contributed by atoms with Crippen LogP contribution < -0.4 is 15.5 Å². The molecule has 19 heavy (non-hydrogen) atoms. The van der Waals surface area contributed by atoms with E-state index in [4.69, 9.17) is 12.2 Å². The third-order valence-corrected chi connectivity index (χ3v) is 4.15. The van der Waals surface area contributed by atoms with Gasteiger partial charge in [0.05, 0.1) is 19.6 Å². The molecule has 2 atom stereocenters. The highest BCUT2D eigenvalue weighted by Gasteiger charge is 2.26. The molecule has 1 aliphatic rings. The van der Waals surface area contributed by atoms with Gasteiger partial charge >= 0.3 is 0 Å². The van der Waals surface area contributed by atoms with Crippen LogP contribution in [0.3, 0.4) is 0 Å². The van der Waals surface area contributed by atoms with Crippen LogP contribution in [0.4, 0.5) is 5.69 Å². The van der Waals surface area contributed by atoms with Crippen molar-refractivity contribution >= 4 is 23.0 Å². The molecule has 0 aromatic heterocycles. The molecule has 0 spiro atoms. The molecule has 1 heterocycles. The Bertz CT molecular complexity index is 416. The van der Waals surface area contributed by atoms with Crippen molar-refractivity contribution in [3.63, 3.8) is 0 Å². The van der Waals surface area contributed by atoms with E-state index >= 15 is 0 Å². The first-order valence-electron chi connectivity index (χ1n) is 7.15. The number of aryl methyl sites for hydroxylation is 1. The van der Waals surface area contributed by atoms with Crippen molar-refractivity contribution in [3.05, 3.63) is 29.8 Å². The molecule has 104 valence electrons. The average Bonchev–Trinajstić information content (AvgIpc) is 2.86. The quantitative estimate of drug-likeness (QED) is 0.726. The van der Waals surface area contributed by atoms with E-state index in [1.54, 1.807) is 4.90 Å². The second-order valence-electron chi connectivity index (χ2n) is 5.30. The Morgan fingerprint density at radius 3 is 2.79 bits per heavy atom. The van der Waals surface area contributed by atoms with Crippen molar-refractivity contribution in [3.8, 4) is 0 Å². The SMILES string of the molecule is CC[NH+]1CCC[C@@H]1CNC(=S)Nc1ccc(C)cc1. The topological polar surface area (TPSA) is 28.5 Å². The minimum absolute atomic E-state index is 0.711. The van der Waals surface area contributed by atoms with E-state index in [0.29, 0.717) is 6.04 Å². The zero-order chi connectivity index (χ0) is 13.7. The number of likely N-dealkylation sites (tertiary alicyclic amines) is 1. The number of thiocarbonyl (C=S) groups is 1. The predicted octanol–water partition coefficient (Wildman–Crippen LogP) is 1.35. The number of likely N-dealkylation sites (N-methyl/N-ethyl adjacent to an activating group) is 1. The summed E-state index contributed by atoms with van der Waals surface area (Å²) in [5.74, 6) is 0. The average molecular weight is 278 g/mol. The van der Waals surface area contributed by atoms with Gasteiger partial charge in [0.2, 0.25) is 0 Å². The van der Waals surface area contributed by atoms with Gasteiger partial charge in [0, 0.05) is 18.5 Å². The van der Waals surface area contributed by atoms with Crippen LogP contribution in [-0.4, -0.2) is 30.8 Å². The molecule has 1 aromatic carbocycles. The minimum Gasteiger partial charge on any atom is -0.356 e. The number of benzene rings is 1. The zero-order valence-electron chi connectivity index (χ0n) is 11.8. The molecular weight excluding hydrogens is 254 g/mol. The number of hydrogen-bond acceptors (Lipinski definition) is 1. The maximum Gasteiger partial charge on any atom is 0.170 e. The standard InChI is InChI=1S/C15H23N3S/c1-3-18-10-4-5-14(18)11-16-15(19)17-13-8-6-12(2)7-9-13/h6-9,14H,3-5,10-11H2,1-2H3,(H2,16,17,19)/p+1/t14-/m1/s1. The number of nitrogens with one attached hydrogen (secondary N) is 3. The molecule has 3 N–H and O–H groups in total. The fourth-order valence-corrected chi connectivity index (χ4v) is 2.92. The van der Waals surface area contributed by atoms with E-state index in [-0.39, 0.29) is 0 Å². The van der Waals surface area contributed by atoms with Crippen LogP contribution in [0.1, 0.15) is 25.3 Å². The molecule has 0 radical (unpaired) electrons. The van der Waals surface area contributed by atoms with Gasteiger partial charge < -0.3 is 15.5 Å². The van der Waals surface area contributed by atoms with E-state index < -0.39 is 0 Å². The highest BCUT2D eigenvalue weighted by atomic mass is 32.1. The normalized spacial score (nSPS) is 22.2. The number of hydrogen-bond donors (Lipinski definition) is 3. The van der Waals surface area contributed by atoms with Crippen LogP contribution in [-0.2, 0) is 0 Å². The summed E-state index contributed by atoms with van der Waals surface area (Å²) in [5, 5.41) is 7.32. The van der Waals surface area contributed by atoms with Crippen LogP contribution in [0.15, 0.2) is 24.3 Å². The summed E-state index contributed by atoms with van der Waals surface area (Å²) in [6.07, 6.45) is 2.65. The van der Waals surface area contributed by atoms with E-state index in [0.717, 1.165) is 17.3 Å². The van der Waals surface area contributed by atoms with Crippen LogP contribution >= 0.6 is 12.2 Å². The van der Waals surface area contributed by atoms with Crippen molar-refractivity contribution in [2.75, 3.05) is 25.0 Å². The Balaban J connectivity index is 1.77. The summed E-state index contributed by atoms with van der Waals surface area (Å²) in [4.78, 5) is 1.70. The number of rotatable bonds is 4. The third kappa shape index (κ3) is 4.18. The van der Waals surface area contributed by atoms with E-state index in [1.165, 1.54) is 31.5 Å². The molecule has 3 nitrogen and oxygen atoms in total. The van der Waals surface area contributed by atoms with E-state index in [9.17, 15) is 0 Å². The highest BCUT2D eigenvalue weighted by molar-refractivity contribution is 7.80. The maximum absolute atomic E-state index is 5.35. The predicted molar refractivity (Wildman–Crippen MR) is 84.8 cm³/mol. The lowest BCUT2D eigenvalue weighted by Gasteiger charge is -2.21. The summed E-state index contributed by atoms with van der Waals surface area (Å²) >= 11 is 5.35. The van der Waals surface area contributed by atoms with Gasteiger partial charge in [-0.25, -0.2) is 0 Å². The van der Waals surface area contributed by atoms with Crippen LogP contribution in [0.2, 0.25) is 0 Å². The molecule has 2 rings (SSSR count). The largest absolute Gasteiger partial charge is 0.356 e. The monoisotopic (exact) mass is 278 g/mol. The molecule has 1 fully saturated rings. The smallest absolute Gasteiger partial charge is 0.170 e. The maximum atomic E-state index is 5.35. The summed E-state index contributed by atoms with van der Waals surface area (Å²) < 4.78 is 0. The highest BCUT2D eigenvalue weighted by Crippen LogP contribution is 2.08. The lowest BCUT2D eigenvalue weighted by Crippen LogP contribution is -3.14. The molecule has 4 heteroatoms. The third-order valence-electron chi connectivity index (χ3n) is 3.90. The van der Waals surface area contributed by atoms with Gasteiger partial charge in [0.15, 0.2) is 5.11 Å². The Morgan fingerprint density at radius 1 is 1.37 bits per heavy atom. The van der Waals surface area contributed by atoms with Crippen LogP contribution in [0.5, 0.6) is 0 Å². The van der Waals surface area contributed by atoms with Gasteiger partial charge in [-0.15, -0.1) is 0 Å². The molecule has 1 aromatic rings. The van der Waals surface area contributed by atoms with Gasteiger partial charge in [-0.1, -0.05) is 17.7 Å². The molecule has 0 amide bonds. The molecule has 0 saturated carbocycles. The molecule has 0 aliphatic carbocycles. The second-order valence-corrected chi connectivity index (χ2v) is 5.71. The van der Waals surface area contributed by atoms with Crippen molar-refractivity contribution in [2.45, 2.75) is 32.7 Å². The molecule has 0 bridgehead atoms. The van der Waals surface area contributed by atoms with Crippen molar-refractivity contribution in [1.82, 2.24) is 5.32 Å². The number of anilines is 1. The van der Waals surface area contributed by atoms with E-state index in [1.807, 2.05) is 0 Å². The number of quaternary nitrogens is 1. The van der Waals surface area contributed by atoms with Gasteiger partial charge in [-0.2, -0.15) is 0 Å². The summed E-state index contributed by atoms with van der Waals surface area (Å²) in [7, 11) is 0. The van der Waals surface area contributed by atoms with Gasteiger partial charge in [-0.05, 0) is 38.2 Å². The zero-order valence-corrected chi connectivity index (χ0v) is 12.6. The fourth-order valence-electron chi connectivity index (χ4n) is 2.72. The molecule has 1 saturated heterocycles. The van der Waals surface area contributed by atoms with E-state index in [2.05, 4.69) is 48.7 Å². The van der Waals surface area contributed by atoms with Crippen molar-refractivity contribution in [1.29, 1.82) is 0 Å². The fraction of sp³-hybridized carbons (Fsp3) is 0.533. The molecule has 1 aliphatic heterocycles. The summed E-state index contributed by atoms with van der Waals surface area (Å²) in [6, 6.07) is 9.00. The minimum atomic E-state index is 0.711. The molecule has 1 unspecified atom stereocenters. The van der Waals surface area contributed by atoms with Crippen LogP contribution in [0.25, 0.3) is 0 Å². The Kier molecular flexibility index (Phi) is 5.16. The Morgan fingerprint density at radius 2 is 2.11 bits per heavy atom. The first kappa shape index (κ1) is 14.3. The second kappa shape index (κ2) is 6.87. The lowest BCUT2D eigenvalue weighted by atomic mass is 10.2. The van der Waals surface area contributed by atoms with Crippen molar-refractivity contribution < 1.29 is 4.90 Å².